The van der Waals surface area contributed by atoms with Gasteiger partial charge in [-0.2, -0.15) is 0 Å². The van der Waals surface area contributed by atoms with Crippen LogP contribution in [-0.4, -0.2) is 66.2 Å². The van der Waals surface area contributed by atoms with E-state index in [0.717, 1.165) is 0 Å². The van der Waals surface area contributed by atoms with Crippen LogP contribution in [0.3, 0.4) is 0 Å². The molecule has 0 bridgehead atoms. The number of aryl methyl sites for hydroxylation is 1. The highest BCUT2D eigenvalue weighted by molar-refractivity contribution is 6.04. The van der Waals surface area contributed by atoms with Gasteiger partial charge in [0.05, 0.1) is 24.1 Å². The van der Waals surface area contributed by atoms with E-state index in [4.69, 9.17) is 14.0 Å². The first-order valence-electron chi connectivity index (χ1n) is 11.1. The Hall–Kier alpha value is -3.40. The first kappa shape index (κ1) is 22.8. The van der Waals surface area contributed by atoms with E-state index in [9.17, 15) is 14.4 Å². The first-order valence-corrected chi connectivity index (χ1v) is 11.1. The molecular weight excluding hydrogens is 428 g/mol. The molecule has 1 aromatic heterocycles. The largest absolute Gasteiger partial charge is 0.490 e. The van der Waals surface area contributed by atoms with Crippen LogP contribution in [0.5, 0.6) is 5.75 Å². The van der Waals surface area contributed by atoms with Gasteiger partial charge in [0.15, 0.2) is 5.69 Å². The molecule has 10 heteroatoms. The summed E-state index contributed by atoms with van der Waals surface area (Å²) in [6.07, 6.45) is 1.13. The van der Waals surface area contributed by atoms with Crippen LogP contribution in [0.15, 0.2) is 28.8 Å². The quantitative estimate of drug-likeness (QED) is 0.707. The molecule has 0 aliphatic carbocycles. The van der Waals surface area contributed by atoms with E-state index in [2.05, 4.69) is 15.8 Å². The minimum absolute atomic E-state index is 0.0437. The zero-order chi connectivity index (χ0) is 23.5. The number of likely N-dealkylation sites (N-methyl/N-ethyl adjacent to an activating group) is 1. The maximum atomic E-state index is 13.3. The Bertz CT molecular complexity index is 1050. The van der Waals surface area contributed by atoms with Gasteiger partial charge >= 0.3 is 0 Å². The molecular formula is C23H28N4O6. The molecule has 10 nitrogen and oxygen atoms in total. The number of benzene rings is 1. The van der Waals surface area contributed by atoms with Crippen molar-refractivity contribution in [1.29, 1.82) is 0 Å². The summed E-state index contributed by atoms with van der Waals surface area (Å²) in [4.78, 5) is 39.3. The van der Waals surface area contributed by atoms with Crippen LogP contribution in [0.4, 0.5) is 5.69 Å². The van der Waals surface area contributed by atoms with E-state index >= 15 is 0 Å². The summed E-state index contributed by atoms with van der Waals surface area (Å²) in [5, 5.41) is 9.23. The first-order chi connectivity index (χ1) is 15.9. The highest BCUT2D eigenvalue weighted by atomic mass is 16.5. The topological polar surface area (TPSA) is 123 Å². The van der Waals surface area contributed by atoms with E-state index in [0.29, 0.717) is 48.6 Å². The average Bonchev–Trinajstić information content (AvgIpc) is 3.23. The van der Waals surface area contributed by atoms with Gasteiger partial charge < -0.3 is 29.5 Å². The zero-order valence-electron chi connectivity index (χ0n) is 18.9. The van der Waals surface area contributed by atoms with Gasteiger partial charge in [-0.15, -0.1) is 0 Å². The number of anilines is 1. The number of nitrogens with one attached hydrogen (secondary N) is 2. The molecule has 1 saturated heterocycles. The lowest BCUT2D eigenvalue weighted by Crippen LogP contribution is -2.54. The number of hydrogen-bond donors (Lipinski definition) is 2. The maximum absolute atomic E-state index is 13.3. The molecule has 176 valence electrons. The lowest BCUT2D eigenvalue weighted by molar-refractivity contribution is -0.133. The van der Waals surface area contributed by atoms with Crippen LogP contribution >= 0.6 is 0 Å². The number of carbonyl (C=O) groups excluding carboxylic acids is 3. The molecule has 0 unspecified atom stereocenters. The highest BCUT2D eigenvalue weighted by Gasteiger charge is 2.39. The number of nitrogens with zero attached hydrogens (tertiary/aromatic N) is 2. The van der Waals surface area contributed by atoms with Crippen molar-refractivity contribution in [2.24, 2.45) is 0 Å². The molecule has 0 saturated carbocycles. The second kappa shape index (κ2) is 9.62. The Morgan fingerprint density at radius 3 is 2.79 bits per heavy atom. The third-order valence-corrected chi connectivity index (χ3v) is 5.92. The summed E-state index contributed by atoms with van der Waals surface area (Å²) in [7, 11) is 1.74. The third kappa shape index (κ3) is 5.00. The van der Waals surface area contributed by atoms with Crippen LogP contribution < -0.4 is 15.4 Å². The van der Waals surface area contributed by atoms with Crippen LogP contribution in [-0.2, 0) is 9.53 Å². The molecule has 0 radical (unpaired) electrons. The Balaban J connectivity index is 1.49. The van der Waals surface area contributed by atoms with Gasteiger partial charge in [0.25, 0.3) is 11.8 Å². The van der Waals surface area contributed by atoms with Crippen molar-refractivity contribution in [3.05, 3.63) is 41.3 Å². The smallest absolute Gasteiger partial charge is 0.277 e. The summed E-state index contributed by atoms with van der Waals surface area (Å²) < 4.78 is 17.0. The molecule has 4 rings (SSSR count). The molecule has 2 N–H and O–H groups in total. The Morgan fingerprint density at radius 2 is 2.06 bits per heavy atom. The van der Waals surface area contributed by atoms with Crippen molar-refractivity contribution in [2.75, 3.05) is 25.5 Å². The Labute approximate surface area is 191 Å². The summed E-state index contributed by atoms with van der Waals surface area (Å²) in [6.45, 7) is 4.41. The molecule has 1 fully saturated rings. The monoisotopic (exact) mass is 456 g/mol. The Kier molecular flexibility index (Phi) is 6.64. The second-order valence-corrected chi connectivity index (χ2v) is 8.31. The molecule has 0 spiro atoms. The van der Waals surface area contributed by atoms with E-state index in [-0.39, 0.29) is 42.4 Å². The Morgan fingerprint density at radius 1 is 1.24 bits per heavy atom. The number of rotatable bonds is 5. The van der Waals surface area contributed by atoms with Gasteiger partial charge in [-0.05, 0) is 44.9 Å². The number of amides is 3. The van der Waals surface area contributed by atoms with Gasteiger partial charge in [-0.3, -0.25) is 14.4 Å². The zero-order valence-corrected chi connectivity index (χ0v) is 18.9. The average molecular weight is 456 g/mol. The summed E-state index contributed by atoms with van der Waals surface area (Å²) in [5.74, 6) is 0.242. The fourth-order valence-electron chi connectivity index (χ4n) is 4.25. The molecule has 1 aromatic carbocycles. The fraction of sp³-hybridized carbons (Fsp3) is 0.478. The molecule has 2 aliphatic heterocycles. The highest BCUT2D eigenvalue weighted by Crippen LogP contribution is 2.32. The number of fused-ring (bicyclic) bond motifs is 2. The van der Waals surface area contributed by atoms with Gasteiger partial charge in [0.2, 0.25) is 5.91 Å². The SMILES string of the molecule is CCNC(=O)C[C@H]1CC[C@@H]2[C@@H](COc3ccc(NC(=O)c4cc(C)on4)cc3C(=O)N2C)O1. The van der Waals surface area contributed by atoms with Gasteiger partial charge in [0, 0.05) is 25.3 Å². The fourth-order valence-corrected chi connectivity index (χ4v) is 4.25. The summed E-state index contributed by atoms with van der Waals surface area (Å²) in [6, 6.07) is 6.27. The van der Waals surface area contributed by atoms with Crippen molar-refractivity contribution < 1.29 is 28.4 Å². The van der Waals surface area contributed by atoms with E-state index in [1.54, 1.807) is 37.1 Å². The number of aromatic nitrogens is 1. The van der Waals surface area contributed by atoms with Crippen molar-refractivity contribution in [3.8, 4) is 5.75 Å². The van der Waals surface area contributed by atoms with Crippen LogP contribution in [0.1, 0.15) is 52.8 Å². The van der Waals surface area contributed by atoms with E-state index in [1.165, 1.54) is 6.07 Å². The van der Waals surface area contributed by atoms with Gasteiger partial charge in [0.1, 0.15) is 24.2 Å². The molecule has 33 heavy (non-hydrogen) atoms. The van der Waals surface area contributed by atoms with Gasteiger partial charge in [-0.1, -0.05) is 5.16 Å². The second-order valence-electron chi connectivity index (χ2n) is 8.31. The lowest BCUT2D eigenvalue weighted by atomic mass is 9.94. The minimum atomic E-state index is -0.432. The normalized spacial score (nSPS) is 22.3. The van der Waals surface area contributed by atoms with Crippen molar-refractivity contribution >= 4 is 23.4 Å². The molecule has 3 atom stereocenters. The predicted octanol–water partition coefficient (Wildman–Crippen LogP) is 2.14. The molecule has 3 amide bonds. The molecule has 3 heterocycles. The maximum Gasteiger partial charge on any atom is 0.277 e. The predicted molar refractivity (Wildman–Crippen MR) is 118 cm³/mol. The summed E-state index contributed by atoms with van der Waals surface area (Å²) in [5.41, 5.74) is 0.960. The van der Waals surface area contributed by atoms with E-state index < -0.39 is 5.91 Å². The molecule has 2 aliphatic rings. The molecule has 2 aromatic rings. The van der Waals surface area contributed by atoms with Crippen molar-refractivity contribution in [1.82, 2.24) is 15.4 Å². The lowest BCUT2D eigenvalue weighted by Gasteiger charge is -2.42. The van der Waals surface area contributed by atoms with Crippen molar-refractivity contribution in [2.45, 2.75) is 51.4 Å². The summed E-state index contributed by atoms with van der Waals surface area (Å²) >= 11 is 0. The van der Waals surface area contributed by atoms with Crippen LogP contribution in [0.25, 0.3) is 0 Å². The van der Waals surface area contributed by atoms with Gasteiger partial charge in [-0.25, -0.2) is 0 Å². The third-order valence-electron chi connectivity index (χ3n) is 5.92. The van der Waals surface area contributed by atoms with Crippen molar-refractivity contribution in [3.63, 3.8) is 0 Å². The minimum Gasteiger partial charge on any atom is -0.490 e. The van der Waals surface area contributed by atoms with E-state index in [1.807, 2.05) is 6.92 Å². The number of carbonyl (C=O) groups is 3. The number of ether oxygens (including phenoxy) is 2. The van der Waals surface area contributed by atoms with Crippen LogP contribution in [0, 0.1) is 6.92 Å². The van der Waals surface area contributed by atoms with Crippen LogP contribution in [0.2, 0.25) is 0 Å². The standard InChI is InChI=1S/C23H28N4O6/c1-4-24-21(28)11-15-6-7-18-20(32-15)12-31-19-8-5-14(10-16(19)23(30)27(18)3)25-22(29)17-9-13(2)33-26-17/h5,8-10,15,18,20H,4,6-7,11-12H2,1-3H3,(H,24,28)(H,25,29)/t15-,18-,20-/m1/s1. The number of hydrogen-bond acceptors (Lipinski definition) is 7.